The molecule has 0 bridgehead atoms. The Morgan fingerprint density at radius 1 is 0.974 bits per heavy atom. The molecule has 0 unspecified atom stereocenters. The summed E-state index contributed by atoms with van der Waals surface area (Å²) in [4.78, 5) is 20.3. The van der Waals surface area contributed by atoms with Crippen molar-refractivity contribution in [2.24, 2.45) is 4.99 Å². The molecule has 1 saturated heterocycles. The van der Waals surface area contributed by atoms with E-state index in [4.69, 9.17) is 9.73 Å². The zero-order valence-corrected chi connectivity index (χ0v) is 22.5. The predicted octanol–water partition coefficient (Wildman–Crippen LogP) is 5.04. The zero-order chi connectivity index (χ0) is 26.9. The largest absolute Gasteiger partial charge is 0.378 e. The number of morpholine rings is 1. The summed E-state index contributed by atoms with van der Waals surface area (Å²) in [6, 6.07) is 24.4. The molecule has 9 heteroatoms. The molecule has 0 aliphatic carbocycles. The molecule has 0 atom stereocenters. The summed E-state index contributed by atoms with van der Waals surface area (Å²) in [7, 11) is 0. The van der Waals surface area contributed by atoms with Gasteiger partial charge in [-0.05, 0) is 60.5 Å². The number of carbonyl (C=O) groups excluding carboxylic acids is 1. The fourth-order valence-electron chi connectivity index (χ4n) is 4.42. The van der Waals surface area contributed by atoms with Crippen LogP contribution in [0, 0.1) is 5.82 Å². The first kappa shape index (κ1) is 26.6. The first-order valence-electron chi connectivity index (χ1n) is 13.1. The van der Waals surface area contributed by atoms with E-state index < -0.39 is 0 Å². The van der Waals surface area contributed by atoms with Crippen LogP contribution in [0.5, 0.6) is 0 Å². The molecule has 202 valence electrons. The molecule has 2 N–H and O–H groups in total. The van der Waals surface area contributed by atoms with Gasteiger partial charge < -0.3 is 24.8 Å². The van der Waals surface area contributed by atoms with E-state index in [2.05, 4.69) is 49.7 Å². The summed E-state index contributed by atoms with van der Waals surface area (Å²) in [5, 5.41) is 8.23. The number of hydrogen-bond donors (Lipinski definition) is 2. The van der Waals surface area contributed by atoms with Gasteiger partial charge in [-0.15, -0.1) is 11.3 Å². The van der Waals surface area contributed by atoms with Crippen molar-refractivity contribution < 1.29 is 13.9 Å². The van der Waals surface area contributed by atoms with Gasteiger partial charge >= 0.3 is 0 Å². The summed E-state index contributed by atoms with van der Waals surface area (Å²) < 4.78 is 21.1. The Morgan fingerprint density at radius 3 is 2.46 bits per heavy atom. The Kier molecular flexibility index (Phi) is 9.03. The lowest BCUT2D eigenvalue weighted by Crippen LogP contribution is -2.36. The number of ether oxygens (including phenoxy) is 1. The van der Waals surface area contributed by atoms with E-state index >= 15 is 0 Å². The van der Waals surface area contributed by atoms with Crippen LogP contribution in [0.2, 0.25) is 0 Å². The minimum absolute atomic E-state index is 0.0516. The van der Waals surface area contributed by atoms with Crippen LogP contribution < -0.4 is 20.3 Å². The normalized spacial score (nSPS) is 13.9. The number of nitrogens with one attached hydrogen (secondary N) is 2. The molecule has 0 radical (unpaired) electrons. The molecule has 39 heavy (non-hydrogen) atoms. The number of aromatic nitrogens is 1. The standard InChI is InChI=1S/C30H32FN5O2S/c31-24-9-11-26(12-10-24)34-30-36(16-4-15-32-29(37)21-33-25-5-2-1-3-6-25)28(22-39-30)23-7-13-27(14-8-23)35-17-19-38-20-18-35/h1-3,5-14,22,33H,4,15-21H2,(H,32,37). The minimum atomic E-state index is -0.286. The van der Waals surface area contributed by atoms with Gasteiger partial charge in [-0.3, -0.25) is 4.79 Å². The van der Waals surface area contributed by atoms with Crippen molar-refractivity contribution in [3.63, 3.8) is 0 Å². The van der Waals surface area contributed by atoms with Crippen molar-refractivity contribution in [3.8, 4) is 11.3 Å². The van der Waals surface area contributed by atoms with E-state index in [1.165, 1.54) is 17.8 Å². The average molecular weight is 546 g/mol. The molecule has 7 nitrogen and oxygen atoms in total. The summed E-state index contributed by atoms with van der Waals surface area (Å²) in [6.07, 6.45) is 0.739. The van der Waals surface area contributed by atoms with Crippen LogP contribution in [0.4, 0.5) is 21.5 Å². The summed E-state index contributed by atoms with van der Waals surface area (Å²) in [6.45, 7) is 4.73. The van der Waals surface area contributed by atoms with Crippen LogP contribution in [0.15, 0.2) is 89.2 Å². The predicted molar refractivity (Wildman–Crippen MR) is 155 cm³/mol. The van der Waals surface area contributed by atoms with Gasteiger partial charge in [-0.2, -0.15) is 0 Å². The van der Waals surface area contributed by atoms with Crippen molar-refractivity contribution in [3.05, 3.63) is 94.9 Å². The second-order valence-corrected chi connectivity index (χ2v) is 10.0. The molecular weight excluding hydrogens is 513 g/mol. The Hall–Kier alpha value is -3.95. The number of rotatable bonds is 10. The molecule has 4 aromatic rings. The maximum atomic E-state index is 13.4. The van der Waals surface area contributed by atoms with Crippen LogP contribution in [-0.2, 0) is 16.1 Å². The quantitative estimate of drug-likeness (QED) is 0.274. The molecule has 0 spiro atoms. The van der Waals surface area contributed by atoms with Gasteiger partial charge in [0.2, 0.25) is 5.91 Å². The summed E-state index contributed by atoms with van der Waals surface area (Å²) in [5.41, 5.74) is 4.96. The van der Waals surface area contributed by atoms with Crippen LogP contribution in [0.25, 0.3) is 11.3 Å². The first-order chi connectivity index (χ1) is 19.2. The van der Waals surface area contributed by atoms with Crippen molar-refractivity contribution in [2.45, 2.75) is 13.0 Å². The molecule has 2 heterocycles. The highest BCUT2D eigenvalue weighted by molar-refractivity contribution is 7.07. The lowest BCUT2D eigenvalue weighted by atomic mass is 10.1. The molecule has 1 fully saturated rings. The van der Waals surface area contributed by atoms with Gasteiger partial charge in [0.25, 0.3) is 0 Å². The number of anilines is 2. The van der Waals surface area contributed by atoms with E-state index in [-0.39, 0.29) is 18.3 Å². The number of carbonyl (C=O) groups is 1. The molecule has 5 rings (SSSR count). The van der Waals surface area contributed by atoms with Crippen LogP contribution in [-0.4, -0.2) is 49.9 Å². The number of hydrogen-bond acceptors (Lipinski definition) is 6. The van der Waals surface area contributed by atoms with Crippen LogP contribution in [0.3, 0.4) is 0 Å². The lowest BCUT2D eigenvalue weighted by Gasteiger charge is -2.28. The zero-order valence-electron chi connectivity index (χ0n) is 21.7. The van der Waals surface area contributed by atoms with Gasteiger partial charge in [0.15, 0.2) is 4.80 Å². The molecule has 1 aliphatic rings. The first-order valence-corrected chi connectivity index (χ1v) is 14.0. The molecule has 1 aromatic heterocycles. The van der Waals surface area contributed by atoms with Gasteiger partial charge in [-0.1, -0.05) is 30.3 Å². The number of para-hydroxylation sites is 1. The van der Waals surface area contributed by atoms with Crippen LogP contribution >= 0.6 is 11.3 Å². The third kappa shape index (κ3) is 7.34. The molecule has 1 amide bonds. The van der Waals surface area contributed by atoms with E-state index in [1.807, 2.05) is 30.3 Å². The Labute approximate surface area is 231 Å². The molecular formula is C30H32FN5O2S. The van der Waals surface area contributed by atoms with Gasteiger partial charge in [0, 0.05) is 42.9 Å². The maximum Gasteiger partial charge on any atom is 0.239 e. The highest BCUT2D eigenvalue weighted by atomic mass is 32.1. The highest BCUT2D eigenvalue weighted by Gasteiger charge is 2.13. The van der Waals surface area contributed by atoms with Gasteiger partial charge in [0.1, 0.15) is 5.82 Å². The van der Waals surface area contributed by atoms with Crippen molar-refractivity contribution in [1.82, 2.24) is 9.88 Å². The lowest BCUT2D eigenvalue weighted by molar-refractivity contribution is -0.119. The van der Waals surface area contributed by atoms with Crippen molar-refractivity contribution in [2.75, 3.05) is 49.6 Å². The smallest absolute Gasteiger partial charge is 0.239 e. The number of nitrogens with zero attached hydrogens (tertiary/aromatic N) is 3. The molecule has 0 saturated carbocycles. The Balaban J connectivity index is 1.28. The fourth-order valence-corrected chi connectivity index (χ4v) is 5.38. The summed E-state index contributed by atoms with van der Waals surface area (Å²) >= 11 is 1.55. The van der Waals surface area contributed by atoms with Crippen LogP contribution in [0.1, 0.15) is 6.42 Å². The van der Waals surface area contributed by atoms with Crippen molar-refractivity contribution >= 4 is 34.3 Å². The van der Waals surface area contributed by atoms with Crippen molar-refractivity contribution in [1.29, 1.82) is 0 Å². The Morgan fingerprint density at radius 2 is 1.72 bits per heavy atom. The van der Waals surface area contributed by atoms with Gasteiger partial charge in [-0.25, -0.2) is 9.38 Å². The SMILES string of the molecule is O=C(CNc1ccccc1)NCCCn1c(-c2ccc(N3CCOCC3)cc2)csc1=Nc1ccc(F)cc1. The Bertz CT molecular complexity index is 1410. The number of amides is 1. The second-order valence-electron chi connectivity index (χ2n) is 9.21. The molecule has 3 aromatic carbocycles. The third-order valence-electron chi connectivity index (χ3n) is 6.50. The highest BCUT2D eigenvalue weighted by Crippen LogP contribution is 2.25. The van der Waals surface area contributed by atoms with E-state index in [0.29, 0.717) is 18.8 Å². The summed E-state index contributed by atoms with van der Waals surface area (Å²) in [5.74, 6) is -0.337. The average Bonchev–Trinajstić information content (AvgIpc) is 3.38. The maximum absolute atomic E-state index is 13.4. The number of benzene rings is 3. The monoisotopic (exact) mass is 545 g/mol. The topological polar surface area (TPSA) is 70.9 Å². The fraction of sp³-hybridized carbons (Fsp3) is 0.267. The van der Waals surface area contributed by atoms with E-state index in [9.17, 15) is 9.18 Å². The number of thiazole rings is 1. The third-order valence-corrected chi connectivity index (χ3v) is 7.36. The van der Waals surface area contributed by atoms with E-state index in [0.717, 1.165) is 54.5 Å². The van der Waals surface area contributed by atoms with Gasteiger partial charge in [0.05, 0.1) is 31.1 Å². The van der Waals surface area contributed by atoms with E-state index in [1.54, 1.807) is 23.5 Å². The number of halogens is 1. The second kappa shape index (κ2) is 13.2. The minimum Gasteiger partial charge on any atom is -0.378 e. The molecule has 1 aliphatic heterocycles.